The van der Waals surface area contributed by atoms with E-state index < -0.39 is 0 Å². The number of hydrogen-bond donors (Lipinski definition) is 2. The number of carbonyl (C=O) groups excluding carboxylic acids is 2. The second kappa shape index (κ2) is 7.43. The molecule has 0 aromatic rings. The van der Waals surface area contributed by atoms with Gasteiger partial charge in [0.05, 0.1) is 6.04 Å². The second-order valence-electron chi connectivity index (χ2n) is 5.69. The molecule has 0 saturated carbocycles. The summed E-state index contributed by atoms with van der Waals surface area (Å²) in [5.74, 6) is 0.573. The van der Waals surface area contributed by atoms with E-state index in [0.717, 1.165) is 45.3 Å². The lowest BCUT2D eigenvalue weighted by Gasteiger charge is -2.32. The van der Waals surface area contributed by atoms with Crippen LogP contribution in [-0.2, 0) is 9.59 Å². The number of likely N-dealkylation sites (tertiary alicyclic amines) is 1. The molecule has 20 heavy (non-hydrogen) atoms. The Morgan fingerprint density at radius 2 is 2.20 bits per heavy atom. The van der Waals surface area contributed by atoms with Gasteiger partial charge in [-0.05, 0) is 51.1 Å². The molecule has 5 nitrogen and oxygen atoms in total. The van der Waals surface area contributed by atoms with Crippen molar-refractivity contribution in [2.45, 2.75) is 38.6 Å². The third kappa shape index (κ3) is 4.07. The minimum Gasteiger partial charge on any atom is -0.354 e. The summed E-state index contributed by atoms with van der Waals surface area (Å²) in [5.41, 5.74) is 0. The highest BCUT2D eigenvalue weighted by atomic mass is 16.2. The first-order chi connectivity index (χ1) is 9.70. The van der Waals surface area contributed by atoms with Gasteiger partial charge in [0.15, 0.2) is 0 Å². The van der Waals surface area contributed by atoms with Crippen molar-refractivity contribution in [3.05, 3.63) is 12.2 Å². The first-order valence-electron chi connectivity index (χ1n) is 7.63. The van der Waals surface area contributed by atoms with Crippen LogP contribution in [0.4, 0.5) is 0 Å². The molecule has 2 amide bonds. The molecule has 0 spiro atoms. The molecule has 2 rings (SSSR count). The largest absolute Gasteiger partial charge is 0.354 e. The molecule has 0 radical (unpaired) electrons. The van der Waals surface area contributed by atoms with Crippen molar-refractivity contribution in [3.8, 4) is 0 Å². The molecule has 5 heteroatoms. The lowest BCUT2D eigenvalue weighted by molar-refractivity contribution is -0.127. The fraction of sp³-hybridized carbons (Fsp3) is 0.733. The van der Waals surface area contributed by atoms with Gasteiger partial charge < -0.3 is 15.5 Å². The Bertz CT molecular complexity index is 375. The molecular formula is C15H25N3O2. The van der Waals surface area contributed by atoms with Gasteiger partial charge in [0.1, 0.15) is 0 Å². The zero-order valence-electron chi connectivity index (χ0n) is 12.2. The average Bonchev–Trinajstić information content (AvgIpc) is 2.99. The molecular weight excluding hydrogens is 254 g/mol. The molecule has 2 saturated heterocycles. The molecule has 2 atom stereocenters. The summed E-state index contributed by atoms with van der Waals surface area (Å²) in [6.07, 6.45) is 7.50. The topological polar surface area (TPSA) is 61.4 Å². The van der Waals surface area contributed by atoms with Gasteiger partial charge in [-0.1, -0.05) is 6.08 Å². The first-order valence-corrected chi connectivity index (χ1v) is 7.63. The Hall–Kier alpha value is -1.36. The zero-order valence-corrected chi connectivity index (χ0v) is 12.2. The van der Waals surface area contributed by atoms with Gasteiger partial charge in [0, 0.05) is 19.6 Å². The van der Waals surface area contributed by atoms with Gasteiger partial charge in [-0.15, -0.1) is 0 Å². The summed E-state index contributed by atoms with van der Waals surface area (Å²) in [5, 5.41) is 6.23. The third-order valence-electron chi connectivity index (χ3n) is 4.08. The van der Waals surface area contributed by atoms with Gasteiger partial charge in [0.25, 0.3) is 0 Å². The van der Waals surface area contributed by atoms with Crippen LogP contribution in [-0.4, -0.2) is 48.9 Å². The minimum atomic E-state index is -0.0145. The number of carbonyl (C=O) groups is 2. The van der Waals surface area contributed by atoms with Crippen LogP contribution in [0.15, 0.2) is 12.2 Å². The van der Waals surface area contributed by atoms with Crippen LogP contribution in [0, 0.1) is 5.92 Å². The molecule has 0 aromatic heterocycles. The average molecular weight is 279 g/mol. The highest BCUT2D eigenvalue weighted by Gasteiger charge is 2.25. The third-order valence-corrected chi connectivity index (χ3v) is 4.08. The van der Waals surface area contributed by atoms with Gasteiger partial charge in [-0.3, -0.25) is 9.59 Å². The summed E-state index contributed by atoms with van der Waals surface area (Å²) in [6, 6.07) is -0.0145. The molecule has 112 valence electrons. The summed E-state index contributed by atoms with van der Waals surface area (Å²) in [7, 11) is 0. The van der Waals surface area contributed by atoms with Crippen molar-refractivity contribution < 1.29 is 9.59 Å². The van der Waals surface area contributed by atoms with Crippen molar-refractivity contribution in [1.82, 2.24) is 15.5 Å². The van der Waals surface area contributed by atoms with Crippen molar-refractivity contribution >= 4 is 11.8 Å². The van der Waals surface area contributed by atoms with Crippen molar-refractivity contribution in [1.29, 1.82) is 0 Å². The van der Waals surface area contributed by atoms with E-state index in [1.165, 1.54) is 0 Å². The lowest BCUT2D eigenvalue weighted by atomic mass is 9.97. The SMILES string of the molecule is C/C=C/C(=O)N1CCCC(CNC(=O)C2CCCN2)C1. The normalized spacial score (nSPS) is 26.9. The minimum absolute atomic E-state index is 0.0145. The highest BCUT2D eigenvalue weighted by molar-refractivity contribution is 5.87. The van der Waals surface area contributed by atoms with Crippen molar-refractivity contribution in [3.63, 3.8) is 0 Å². The smallest absolute Gasteiger partial charge is 0.246 e. The van der Waals surface area contributed by atoms with Crippen LogP contribution < -0.4 is 10.6 Å². The Balaban J connectivity index is 1.75. The van der Waals surface area contributed by atoms with Crippen LogP contribution in [0.1, 0.15) is 32.6 Å². The van der Waals surface area contributed by atoms with E-state index >= 15 is 0 Å². The highest BCUT2D eigenvalue weighted by Crippen LogP contribution is 2.16. The molecule has 2 N–H and O–H groups in total. The number of nitrogens with one attached hydrogen (secondary N) is 2. The molecule has 2 aliphatic rings. The number of amides is 2. The fourth-order valence-corrected chi connectivity index (χ4v) is 2.96. The van der Waals surface area contributed by atoms with Crippen LogP contribution in [0.5, 0.6) is 0 Å². The lowest BCUT2D eigenvalue weighted by Crippen LogP contribution is -2.46. The molecule has 2 unspecified atom stereocenters. The maximum Gasteiger partial charge on any atom is 0.246 e. The Labute approximate surface area is 120 Å². The van der Waals surface area contributed by atoms with Crippen LogP contribution in [0.3, 0.4) is 0 Å². The van der Waals surface area contributed by atoms with Gasteiger partial charge >= 0.3 is 0 Å². The van der Waals surface area contributed by atoms with E-state index in [1.54, 1.807) is 12.2 Å². The van der Waals surface area contributed by atoms with E-state index in [2.05, 4.69) is 10.6 Å². The van der Waals surface area contributed by atoms with Crippen LogP contribution in [0.2, 0.25) is 0 Å². The standard InChI is InChI=1S/C15H25N3O2/c1-2-5-14(19)18-9-4-6-12(11-18)10-17-15(20)13-7-3-8-16-13/h2,5,12-13,16H,3-4,6-11H2,1H3,(H,17,20)/b5-2+. The van der Waals surface area contributed by atoms with Gasteiger partial charge in [-0.2, -0.15) is 0 Å². The zero-order chi connectivity index (χ0) is 14.4. The number of nitrogens with zero attached hydrogens (tertiary/aromatic N) is 1. The van der Waals surface area contributed by atoms with E-state index in [4.69, 9.17) is 0 Å². The second-order valence-corrected chi connectivity index (χ2v) is 5.69. The Kier molecular flexibility index (Phi) is 5.59. The maximum atomic E-state index is 11.9. The summed E-state index contributed by atoms with van der Waals surface area (Å²) >= 11 is 0. The molecule has 0 bridgehead atoms. The van der Waals surface area contributed by atoms with Gasteiger partial charge in [-0.25, -0.2) is 0 Å². The van der Waals surface area contributed by atoms with Crippen molar-refractivity contribution in [2.75, 3.05) is 26.2 Å². The monoisotopic (exact) mass is 279 g/mol. The first kappa shape index (κ1) is 15.0. The molecule has 0 aromatic carbocycles. The predicted octanol–water partition coefficient (Wildman–Crippen LogP) is 0.669. The fourth-order valence-electron chi connectivity index (χ4n) is 2.96. The predicted molar refractivity (Wildman–Crippen MR) is 78.2 cm³/mol. The quantitative estimate of drug-likeness (QED) is 0.744. The van der Waals surface area contributed by atoms with E-state index in [-0.39, 0.29) is 17.9 Å². The van der Waals surface area contributed by atoms with Crippen LogP contribution >= 0.6 is 0 Å². The van der Waals surface area contributed by atoms with E-state index in [9.17, 15) is 9.59 Å². The molecule has 2 aliphatic heterocycles. The number of allylic oxidation sites excluding steroid dienone is 1. The maximum absolute atomic E-state index is 11.9. The van der Waals surface area contributed by atoms with Crippen molar-refractivity contribution in [2.24, 2.45) is 5.92 Å². The van der Waals surface area contributed by atoms with E-state index in [1.807, 2.05) is 11.8 Å². The number of piperidine rings is 1. The van der Waals surface area contributed by atoms with Crippen LogP contribution in [0.25, 0.3) is 0 Å². The van der Waals surface area contributed by atoms with Gasteiger partial charge in [0.2, 0.25) is 11.8 Å². The summed E-state index contributed by atoms with van der Waals surface area (Å²) < 4.78 is 0. The number of hydrogen-bond acceptors (Lipinski definition) is 3. The Morgan fingerprint density at radius 3 is 2.90 bits per heavy atom. The molecule has 2 heterocycles. The molecule has 2 fully saturated rings. The summed E-state index contributed by atoms with van der Waals surface area (Å²) in [4.78, 5) is 25.7. The summed E-state index contributed by atoms with van der Waals surface area (Å²) in [6.45, 7) is 5.05. The Morgan fingerprint density at radius 1 is 1.35 bits per heavy atom. The molecule has 0 aliphatic carbocycles. The number of rotatable bonds is 4. The van der Waals surface area contributed by atoms with E-state index in [0.29, 0.717) is 12.5 Å².